The van der Waals surface area contributed by atoms with Gasteiger partial charge in [-0.15, -0.1) is 0 Å². The monoisotopic (exact) mass is 487 g/mol. The molecule has 0 N–H and O–H groups in total. The minimum atomic E-state index is -3.50. The van der Waals surface area contributed by atoms with Crippen molar-refractivity contribution in [3.8, 4) is 11.1 Å². The quantitative estimate of drug-likeness (QED) is 0.348. The summed E-state index contributed by atoms with van der Waals surface area (Å²) in [4.78, 5) is 8.85. The highest BCUT2D eigenvalue weighted by Crippen LogP contribution is 2.33. The van der Waals surface area contributed by atoms with Crippen LogP contribution < -0.4 is 0 Å². The number of halogens is 1. The highest BCUT2D eigenvalue weighted by atomic mass is 32.2. The summed E-state index contributed by atoms with van der Waals surface area (Å²) in [6.45, 7) is 1.12. The standard InChI is InChI=1S/C28H26FN3O2S/c29-25-10-7-22(17-27(23-5-3-13-30-19-23)24-6-4-14-31-20-24)28(18-25)21-8-11-26(12-9-21)35(33,34)32-15-1-2-16-32/h3-14,18-20,27H,1-2,15-17H2. The Morgan fingerprint density at radius 3 is 2.06 bits per heavy atom. The van der Waals surface area contributed by atoms with Gasteiger partial charge in [-0.3, -0.25) is 9.97 Å². The summed E-state index contributed by atoms with van der Waals surface area (Å²) in [5.41, 5.74) is 4.56. The van der Waals surface area contributed by atoms with Crippen LogP contribution in [-0.4, -0.2) is 35.8 Å². The topological polar surface area (TPSA) is 63.2 Å². The Hall–Kier alpha value is -3.42. The summed E-state index contributed by atoms with van der Waals surface area (Å²) in [6, 6.07) is 19.5. The molecule has 0 spiro atoms. The Bertz CT molecular complexity index is 1350. The van der Waals surface area contributed by atoms with Gasteiger partial charge in [0.1, 0.15) is 5.82 Å². The van der Waals surface area contributed by atoms with Crippen molar-refractivity contribution in [2.24, 2.45) is 0 Å². The third kappa shape index (κ3) is 5.01. The first kappa shape index (κ1) is 23.3. The van der Waals surface area contributed by atoms with Crippen LogP contribution in [0.1, 0.15) is 35.4 Å². The molecule has 0 unspecified atom stereocenters. The van der Waals surface area contributed by atoms with Gasteiger partial charge in [0.25, 0.3) is 0 Å². The SMILES string of the molecule is O=S(=O)(c1ccc(-c2cc(F)ccc2CC(c2cccnc2)c2cccnc2)cc1)N1CCCC1. The lowest BCUT2D eigenvalue weighted by molar-refractivity contribution is 0.477. The molecule has 0 saturated carbocycles. The zero-order valence-electron chi connectivity index (χ0n) is 19.2. The van der Waals surface area contributed by atoms with Gasteiger partial charge in [0, 0.05) is 43.8 Å². The number of rotatable bonds is 7. The Balaban J connectivity index is 1.50. The van der Waals surface area contributed by atoms with Crippen molar-refractivity contribution in [3.05, 3.63) is 114 Å². The van der Waals surface area contributed by atoms with Crippen LogP contribution in [0.2, 0.25) is 0 Å². The molecular formula is C28H26FN3O2S. The average Bonchev–Trinajstić information content (AvgIpc) is 3.45. The molecule has 2 aromatic carbocycles. The Morgan fingerprint density at radius 1 is 0.857 bits per heavy atom. The van der Waals surface area contributed by atoms with Crippen LogP contribution in [0.25, 0.3) is 11.1 Å². The van der Waals surface area contributed by atoms with Crippen molar-refractivity contribution < 1.29 is 12.8 Å². The largest absolute Gasteiger partial charge is 0.264 e. The number of hydrogen-bond acceptors (Lipinski definition) is 4. The molecule has 35 heavy (non-hydrogen) atoms. The maximum atomic E-state index is 14.4. The number of aromatic nitrogens is 2. The lowest BCUT2D eigenvalue weighted by atomic mass is 9.85. The molecule has 0 bridgehead atoms. The molecule has 4 aromatic rings. The highest BCUT2D eigenvalue weighted by Gasteiger charge is 2.27. The van der Waals surface area contributed by atoms with Crippen LogP contribution in [0.15, 0.2) is 96.4 Å². The fourth-order valence-electron chi connectivity index (χ4n) is 4.69. The fraction of sp³-hybridized carbons (Fsp3) is 0.214. The van der Waals surface area contributed by atoms with Crippen LogP contribution in [0.4, 0.5) is 4.39 Å². The van der Waals surface area contributed by atoms with E-state index in [4.69, 9.17) is 0 Å². The van der Waals surface area contributed by atoms with E-state index in [0.29, 0.717) is 19.5 Å². The van der Waals surface area contributed by atoms with Gasteiger partial charge in [-0.05, 0) is 83.5 Å². The Kier molecular flexibility index (Phi) is 6.70. The van der Waals surface area contributed by atoms with E-state index in [0.717, 1.165) is 40.7 Å². The maximum Gasteiger partial charge on any atom is 0.243 e. The lowest BCUT2D eigenvalue weighted by Crippen LogP contribution is -2.27. The molecule has 5 rings (SSSR count). The van der Waals surface area contributed by atoms with Gasteiger partial charge in [-0.1, -0.05) is 30.3 Å². The van der Waals surface area contributed by atoms with Crippen molar-refractivity contribution in [3.63, 3.8) is 0 Å². The summed E-state index contributed by atoms with van der Waals surface area (Å²) in [5.74, 6) is -0.353. The first-order valence-corrected chi connectivity index (χ1v) is 13.2. The molecule has 1 fully saturated rings. The van der Waals surface area contributed by atoms with E-state index in [1.807, 2.05) is 36.7 Å². The van der Waals surface area contributed by atoms with E-state index >= 15 is 0 Å². The van der Waals surface area contributed by atoms with Gasteiger partial charge < -0.3 is 0 Å². The number of sulfonamides is 1. The molecule has 0 radical (unpaired) electrons. The van der Waals surface area contributed by atoms with Crippen molar-refractivity contribution >= 4 is 10.0 Å². The lowest BCUT2D eigenvalue weighted by Gasteiger charge is -2.20. The minimum absolute atomic E-state index is 0.0172. The molecule has 0 aliphatic carbocycles. The van der Waals surface area contributed by atoms with Gasteiger partial charge in [0.2, 0.25) is 10.0 Å². The average molecular weight is 488 g/mol. The molecule has 2 aromatic heterocycles. The normalized spacial score (nSPS) is 14.5. The summed E-state index contributed by atoms with van der Waals surface area (Å²) >= 11 is 0. The predicted molar refractivity (Wildman–Crippen MR) is 134 cm³/mol. The smallest absolute Gasteiger partial charge is 0.243 e. The van der Waals surface area contributed by atoms with E-state index in [-0.39, 0.29) is 16.6 Å². The molecule has 7 heteroatoms. The van der Waals surface area contributed by atoms with Crippen LogP contribution in [0, 0.1) is 5.82 Å². The molecule has 0 amide bonds. The van der Waals surface area contributed by atoms with Crippen LogP contribution in [-0.2, 0) is 16.4 Å². The van der Waals surface area contributed by atoms with E-state index in [9.17, 15) is 12.8 Å². The molecule has 178 valence electrons. The zero-order chi connectivity index (χ0) is 24.3. The third-order valence-electron chi connectivity index (χ3n) is 6.54. The van der Waals surface area contributed by atoms with Crippen molar-refractivity contribution in [1.82, 2.24) is 14.3 Å². The predicted octanol–water partition coefficient (Wildman–Crippen LogP) is 5.44. The van der Waals surface area contributed by atoms with E-state index in [2.05, 4.69) is 9.97 Å². The van der Waals surface area contributed by atoms with Crippen LogP contribution in [0.3, 0.4) is 0 Å². The molecule has 1 saturated heterocycles. The number of nitrogens with zero attached hydrogens (tertiary/aromatic N) is 3. The van der Waals surface area contributed by atoms with E-state index < -0.39 is 10.0 Å². The molecule has 5 nitrogen and oxygen atoms in total. The molecule has 1 aliphatic heterocycles. The summed E-state index contributed by atoms with van der Waals surface area (Å²) in [6.07, 6.45) is 9.56. The van der Waals surface area contributed by atoms with Crippen LogP contribution in [0.5, 0.6) is 0 Å². The summed E-state index contributed by atoms with van der Waals surface area (Å²) < 4.78 is 41.7. The first-order chi connectivity index (χ1) is 17.0. The zero-order valence-corrected chi connectivity index (χ0v) is 20.0. The van der Waals surface area contributed by atoms with Gasteiger partial charge in [-0.25, -0.2) is 12.8 Å². The Labute approximate surface area is 205 Å². The molecule has 0 atom stereocenters. The van der Waals surface area contributed by atoms with Crippen molar-refractivity contribution in [2.75, 3.05) is 13.1 Å². The first-order valence-electron chi connectivity index (χ1n) is 11.7. The van der Waals surface area contributed by atoms with Gasteiger partial charge >= 0.3 is 0 Å². The van der Waals surface area contributed by atoms with E-state index in [1.54, 1.807) is 42.7 Å². The second-order valence-corrected chi connectivity index (χ2v) is 10.7. The maximum absolute atomic E-state index is 14.4. The second-order valence-electron chi connectivity index (χ2n) is 8.77. The van der Waals surface area contributed by atoms with Gasteiger partial charge in [0.05, 0.1) is 4.90 Å². The molecular weight excluding hydrogens is 461 g/mol. The number of pyridine rings is 2. The van der Waals surface area contributed by atoms with E-state index in [1.165, 1.54) is 16.4 Å². The van der Waals surface area contributed by atoms with Crippen LogP contribution >= 0.6 is 0 Å². The van der Waals surface area contributed by atoms with Crippen molar-refractivity contribution in [1.29, 1.82) is 0 Å². The minimum Gasteiger partial charge on any atom is -0.264 e. The Morgan fingerprint density at radius 2 is 1.49 bits per heavy atom. The summed E-state index contributed by atoms with van der Waals surface area (Å²) in [5, 5.41) is 0. The van der Waals surface area contributed by atoms with Gasteiger partial charge in [-0.2, -0.15) is 4.31 Å². The van der Waals surface area contributed by atoms with Crippen molar-refractivity contribution in [2.45, 2.75) is 30.1 Å². The fourth-order valence-corrected chi connectivity index (χ4v) is 6.21. The second kappa shape index (κ2) is 10.1. The molecule has 1 aliphatic rings. The molecule has 3 heterocycles. The summed E-state index contributed by atoms with van der Waals surface area (Å²) in [7, 11) is -3.50. The third-order valence-corrected chi connectivity index (χ3v) is 8.45. The number of hydrogen-bond donors (Lipinski definition) is 0. The number of benzene rings is 2. The highest BCUT2D eigenvalue weighted by molar-refractivity contribution is 7.89. The van der Waals surface area contributed by atoms with Gasteiger partial charge in [0.15, 0.2) is 0 Å².